The van der Waals surface area contributed by atoms with Gasteiger partial charge < -0.3 is 5.11 Å². The van der Waals surface area contributed by atoms with Gasteiger partial charge in [-0.05, 0) is 19.4 Å². The molecule has 2 heterocycles. The largest absolute Gasteiger partial charge is 0.389 e. The summed E-state index contributed by atoms with van der Waals surface area (Å²) >= 11 is 1.44. The molecule has 0 saturated heterocycles. The highest BCUT2D eigenvalue weighted by Gasteiger charge is 2.19. The first-order chi connectivity index (χ1) is 11.4. The van der Waals surface area contributed by atoms with Crippen LogP contribution < -0.4 is 5.56 Å². The van der Waals surface area contributed by atoms with Crippen molar-refractivity contribution in [3.63, 3.8) is 0 Å². The summed E-state index contributed by atoms with van der Waals surface area (Å²) < 4.78 is 1.55. The SMILES string of the molecule is CC(C)(O)CN(Cc1ccccc1)Cc1cc(=O)n2ccsc2n1. The smallest absolute Gasteiger partial charge is 0.258 e. The second-order valence-corrected chi connectivity index (χ2v) is 7.46. The Hall–Kier alpha value is -2.02. The van der Waals surface area contributed by atoms with Gasteiger partial charge in [0.2, 0.25) is 0 Å². The van der Waals surface area contributed by atoms with Gasteiger partial charge >= 0.3 is 0 Å². The van der Waals surface area contributed by atoms with Gasteiger partial charge in [0.15, 0.2) is 4.96 Å². The van der Waals surface area contributed by atoms with E-state index < -0.39 is 5.60 Å². The van der Waals surface area contributed by atoms with E-state index in [1.807, 2.05) is 23.6 Å². The van der Waals surface area contributed by atoms with Gasteiger partial charge in [-0.15, -0.1) is 11.3 Å². The van der Waals surface area contributed by atoms with E-state index in [-0.39, 0.29) is 5.56 Å². The third-order valence-corrected chi connectivity index (χ3v) is 4.36. The number of nitrogens with zero attached hydrogens (tertiary/aromatic N) is 3. The molecular formula is C18H21N3O2S. The highest BCUT2D eigenvalue weighted by molar-refractivity contribution is 7.15. The van der Waals surface area contributed by atoms with E-state index in [9.17, 15) is 9.90 Å². The van der Waals surface area contributed by atoms with Gasteiger partial charge in [0.25, 0.3) is 5.56 Å². The van der Waals surface area contributed by atoms with Gasteiger partial charge in [-0.25, -0.2) is 4.98 Å². The van der Waals surface area contributed by atoms with Gasteiger partial charge in [-0.2, -0.15) is 0 Å². The average Bonchev–Trinajstić information content (AvgIpc) is 2.95. The molecule has 0 saturated carbocycles. The molecule has 0 spiro atoms. The first-order valence-corrected chi connectivity index (χ1v) is 8.73. The zero-order chi connectivity index (χ0) is 17.2. The van der Waals surface area contributed by atoms with E-state index in [0.717, 1.165) is 11.3 Å². The van der Waals surface area contributed by atoms with Crippen LogP contribution in [-0.4, -0.2) is 31.5 Å². The van der Waals surface area contributed by atoms with Crippen LogP contribution in [0.3, 0.4) is 0 Å². The van der Waals surface area contributed by atoms with Gasteiger partial charge in [0, 0.05) is 37.3 Å². The van der Waals surface area contributed by atoms with E-state index >= 15 is 0 Å². The fraction of sp³-hybridized carbons (Fsp3) is 0.333. The Kier molecular flexibility index (Phi) is 4.80. The van der Waals surface area contributed by atoms with Gasteiger partial charge in [-0.3, -0.25) is 14.1 Å². The van der Waals surface area contributed by atoms with Crippen molar-refractivity contribution in [2.45, 2.75) is 32.5 Å². The molecule has 1 N–H and O–H groups in total. The molecule has 0 bridgehead atoms. The van der Waals surface area contributed by atoms with Crippen molar-refractivity contribution in [3.05, 3.63) is 69.6 Å². The molecule has 0 aliphatic carbocycles. The summed E-state index contributed by atoms with van der Waals surface area (Å²) in [6.07, 6.45) is 1.73. The Morgan fingerprint density at radius 2 is 2.00 bits per heavy atom. The van der Waals surface area contributed by atoms with Crippen molar-refractivity contribution in [1.82, 2.24) is 14.3 Å². The van der Waals surface area contributed by atoms with Crippen molar-refractivity contribution < 1.29 is 5.11 Å². The fourth-order valence-electron chi connectivity index (χ4n) is 2.75. The zero-order valence-corrected chi connectivity index (χ0v) is 14.7. The second-order valence-electron chi connectivity index (χ2n) is 6.58. The summed E-state index contributed by atoms with van der Waals surface area (Å²) in [5, 5.41) is 12.1. The molecular weight excluding hydrogens is 322 g/mol. The van der Waals surface area contributed by atoms with Gasteiger partial charge in [0.05, 0.1) is 11.3 Å². The van der Waals surface area contributed by atoms with E-state index in [4.69, 9.17) is 0 Å². The van der Waals surface area contributed by atoms with E-state index in [0.29, 0.717) is 24.6 Å². The molecule has 126 valence electrons. The summed E-state index contributed by atoms with van der Waals surface area (Å²) in [4.78, 5) is 19.5. The molecule has 3 aromatic rings. The number of benzene rings is 1. The van der Waals surface area contributed by atoms with Crippen LogP contribution in [-0.2, 0) is 13.1 Å². The summed E-state index contributed by atoms with van der Waals surface area (Å²) in [7, 11) is 0. The molecule has 0 atom stereocenters. The lowest BCUT2D eigenvalue weighted by Gasteiger charge is -2.28. The normalized spacial score (nSPS) is 12.2. The number of aliphatic hydroxyl groups is 1. The summed E-state index contributed by atoms with van der Waals surface area (Å²) in [6.45, 7) is 5.28. The minimum absolute atomic E-state index is 0.0702. The predicted octanol–water partition coefficient (Wildman–Crippen LogP) is 2.53. The van der Waals surface area contributed by atoms with Crippen LogP contribution in [0.5, 0.6) is 0 Å². The van der Waals surface area contributed by atoms with Crippen molar-refractivity contribution in [3.8, 4) is 0 Å². The second kappa shape index (κ2) is 6.84. The quantitative estimate of drug-likeness (QED) is 0.747. The molecule has 24 heavy (non-hydrogen) atoms. The molecule has 0 radical (unpaired) electrons. The van der Waals surface area contributed by atoms with Gasteiger partial charge in [0.1, 0.15) is 0 Å². The van der Waals surface area contributed by atoms with E-state index in [2.05, 4.69) is 22.0 Å². The van der Waals surface area contributed by atoms with Crippen LogP contribution in [0.25, 0.3) is 4.96 Å². The maximum absolute atomic E-state index is 12.1. The van der Waals surface area contributed by atoms with Crippen LogP contribution >= 0.6 is 11.3 Å². The molecule has 5 nitrogen and oxygen atoms in total. The Labute approximate surface area is 144 Å². The lowest BCUT2D eigenvalue weighted by atomic mass is 10.1. The molecule has 2 aromatic heterocycles. The monoisotopic (exact) mass is 343 g/mol. The predicted molar refractivity (Wildman–Crippen MR) is 96.2 cm³/mol. The Balaban J connectivity index is 1.85. The lowest BCUT2D eigenvalue weighted by molar-refractivity contribution is 0.0303. The number of aromatic nitrogens is 2. The summed E-state index contributed by atoms with van der Waals surface area (Å²) in [5.74, 6) is 0. The minimum Gasteiger partial charge on any atom is -0.389 e. The maximum Gasteiger partial charge on any atom is 0.258 e. The Morgan fingerprint density at radius 3 is 2.71 bits per heavy atom. The Morgan fingerprint density at radius 1 is 1.25 bits per heavy atom. The summed E-state index contributed by atoms with van der Waals surface area (Å²) in [5.41, 5.74) is 0.995. The van der Waals surface area contributed by atoms with E-state index in [1.165, 1.54) is 11.3 Å². The lowest BCUT2D eigenvalue weighted by Crippen LogP contribution is -2.38. The molecule has 0 unspecified atom stereocenters. The number of fused-ring (bicyclic) bond motifs is 1. The molecule has 0 amide bonds. The topological polar surface area (TPSA) is 57.8 Å². The highest BCUT2D eigenvalue weighted by Crippen LogP contribution is 2.14. The number of hydrogen-bond donors (Lipinski definition) is 1. The van der Waals surface area contributed by atoms with Crippen molar-refractivity contribution in [2.75, 3.05) is 6.54 Å². The van der Waals surface area contributed by atoms with Crippen molar-refractivity contribution in [2.24, 2.45) is 0 Å². The van der Waals surface area contributed by atoms with E-state index in [1.54, 1.807) is 30.5 Å². The maximum atomic E-state index is 12.1. The molecule has 0 aliphatic rings. The van der Waals surface area contributed by atoms with Crippen molar-refractivity contribution in [1.29, 1.82) is 0 Å². The molecule has 1 aromatic carbocycles. The third-order valence-electron chi connectivity index (χ3n) is 3.60. The van der Waals surface area contributed by atoms with Crippen LogP contribution in [0.4, 0.5) is 0 Å². The van der Waals surface area contributed by atoms with Crippen LogP contribution in [0.15, 0.2) is 52.8 Å². The van der Waals surface area contributed by atoms with Crippen LogP contribution in [0.1, 0.15) is 25.1 Å². The Bertz CT molecular complexity index is 865. The van der Waals surface area contributed by atoms with Crippen LogP contribution in [0, 0.1) is 0 Å². The number of hydrogen-bond acceptors (Lipinski definition) is 5. The average molecular weight is 343 g/mol. The fourth-order valence-corrected chi connectivity index (χ4v) is 3.49. The highest BCUT2D eigenvalue weighted by atomic mass is 32.1. The third kappa shape index (κ3) is 4.29. The number of thiazole rings is 1. The first-order valence-electron chi connectivity index (χ1n) is 7.85. The molecule has 3 rings (SSSR count). The molecule has 0 fully saturated rings. The van der Waals surface area contributed by atoms with Gasteiger partial charge in [-0.1, -0.05) is 30.3 Å². The summed E-state index contributed by atoms with van der Waals surface area (Å²) in [6, 6.07) is 11.7. The zero-order valence-electron chi connectivity index (χ0n) is 13.8. The number of rotatable bonds is 6. The van der Waals surface area contributed by atoms with Crippen molar-refractivity contribution >= 4 is 16.3 Å². The molecule has 0 aliphatic heterocycles. The molecule has 6 heteroatoms. The standard InChI is InChI=1S/C18H21N3O2S/c1-18(2,23)13-20(11-14-6-4-3-5-7-14)12-15-10-16(22)21-8-9-24-17(21)19-15/h3-10,23H,11-13H2,1-2H3. The minimum atomic E-state index is -0.823. The van der Waals surface area contributed by atoms with Crippen LogP contribution in [0.2, 0.25) is 0 Å². The first kappa shape index (κ1) is 16.8.